The molecule has 0 aliphatic carbocycles. The van der Waals surface area contributed by atoms with Gasteiger partial charge in [-0.3, -0.25) is 8.42 Å². The molecule has 0 aliphatic heterocycles. The Bertz CT molecular complexity index is 402. The summed E-state index contributed by atoms with van der Waals surface area (Å²) in [5.41, 5.74) is 1.53. The molecule has 0 amide bonds. The Labute approximate surface area is 94.6 Å². The third-order valence-electron chi connectivity index (χ3n) is 2.06. The molecule has 3 nitrogen and oxygen atoms in total. The van der Waals surface area contributed by atoms with Gasteiger partial charge in [0, 0.05) is 16.4 Å². The summed E-state index contributed by atoms with van der Waals surface area (Å²) in [6.45, 7) is 3.67. The molecule has 0 saturated carbocycles. The molecular weight excluding hydrogens is 232 g/mol. The first-order valence-corrected chi connectivity index (χ1v) is 7.15. The fourth-order valence-corrected chi connectivity index (χ4v) is 3.16. The Kier molecular flexibility index (Phi) is 4.63. The molecule has 0 radical (unpaired) electrons. The fourth-order valence-electron chi connectivity index (χ4n) is 1.42. The third-order valence-corrected chi connectivity index (χ3v) is 4.17. The van der Waals surface area contributed by atoms with E-state index in [4.69, 9.17) is 0 Å². The summed E-state index contributed by atoms with van der Waals surface area (Å²) in [6.07, 6.45) is 0. The molecule has 0 aromatic heterocycles. The Balaban J connectivity index is 3.20. The van der Waals surface area contributed by atoms with E-state index < -0.39 is 21.9 Å². The smallest absolute Gasteiger partial charge is 0.0532 e. The minimum Gasteiger partial charge on any atom is -0.772 e. The molecule has 2 unspecified atom stereocenters. The Morgan fingerprint density at radius 2 is 2.00 bits per heavy atom. The van der Waals surface area contributed by atoms with Crippen LogP contribution in [-0.2, 0) is 27.6 Å². The van der Waals surface area contributed by atoms with E-state index in [1.807, 2.05) is 19.9 Å². The predicted molar refractivity (Wildman–Crippen MR) is 60.8 cm³/mol. The zero-order chi connectivity index (χ0) is 11.4. The summed E-state index contributed by atoms with van der Waals surface area (Å²) in [7, 11) is -1.10. The van der Waals surface area contributed by atoms with Crippen LogP contribution in [0.2, 0.25) is 0 Å². The van der Waals surface area contributed by atoms with Gasteiger partial charge in [0.15, 0.2) is 0 Å². The molecule has 1 rings (SSSR count). The quantitative estimate of drug-likeness (QED) is 0.755. The van der Waals surface area contributed by atoms with Crippen LogP contribution in [0.25, 0.3) is 0 Å². The fraction of sp³-hybridized carbons (Fsp3) is 0.400. The maximum atomic E-state index is 11.7. The molecule has 0 heterocycles. The van der Waals surface area contributed by atoms with Crippen LogP contribution in [0.5, 0.6) is 0 Å². The summed E-state index contributed by atoms with van der Waals surface area (Å²) >= 11 is -2.14. The number of benzene rings is 1. The van der Waals surface area contributed by atoms with E-state index in [-0.39, 0.29) is 5.75 Å². The lowest BCUT2D eigenvalue weighted by atomic mass is 10.2. The molecule has 0 spiro atoms. The molecule has 0 bridgehead atoms. The van der Waals surface area contributed by atoms with Gasteiger partial charge in [-0.25, -0.2) is 0 Å². The highest BCUT2D eigenvalue weighted by atomic mass is 32.2. The second kappa shape index (κ2) is 5.53. The standard InChI is InChI=1S/C10H14O3S2/c1-3-14(11)10-8(2)5-4-6-9(10)7-15(12)13/h4-6H,3,7H2,1-2H3,(H,12,13)/p-1. The van der Waals surface area contributed by atoms with Gasteiger partial charge >= 0.3 is 0 Å². The van der Waals surface area contributed by atoms with Gasteiger partial charge in [0.25, 0.3) is 0 Å². The van der Waals surface area contributed by atoms with E-state index in [0.29, 0.717) is 16.2 Å². The van der Waals surface area contributed by atoms with Crippen LogP contribution in [0.15, 0.2) is 23.1 Å². The number of hydrogen-bond acceptors (Lipinski definition) is 3. The second-order valence-electron chi connectivity index (χ2n) is 3.15. The second-order valence-corrected chi connectivity index (χ2v) is 5.72. The summed E-state index contributed by atoms with van der Waals surface area (Å²) in [4.78, 5) is 0.671. The molecule has 15 heavy (non-hydrogen) atoms. The van der Waals surface area contributed by atoms with E-state index in [1.54, 1.807) is 12.1 Å². The van der Waals surface area contributed by atoms with Gasteiger partial charge in [0.2, 0.25) is 0 Å². The van der Waals surface area contributed by atoms with Gasteiger partial charge in [0.1, 0.15) is 0 Å². The first-order chi connectivity index (χ1) is 7.06. The normalized spacial score (nSPS) is 14.9. The van der Waals surface area contributed by atoms with Crippen molar-refractivity contribution in [2.24, 2.45) is 0 Å². The van der Waals surface area contributed by atoms with Crippen molar-refractivity contribution in [2.75, 3.05) is 5.75 Å². The monoisotopic (exact) mass is 245 g/mol. The minimum atomic E-state index is -2.14. The van der Waals surface area contributed by atoms with E-state index in [1.165, 1.54) is 0 Å². The third kappa shape index (κ3) is 3.22. The van der Waals surface area contributed by atoms with E-state index >= 15 is 0 Å². The highest BCUT2D eigenvalue weighted by molar-refractivity contribution is 7.85. The number of hydrogen-bond donors (Lipinski definition) is 0. The van der Waals surface area contributed by atoms with Gasteiger partial charge in [-0.05, 0) is 18.1 Å². The molecule has 1 aromatic rings. The molecule has 84 valence electrons. The van der Waals surface area contributed by atoms with Crippen molar-refractivity contribution in [1.82, 2.24) is 0 Å². The summed E-state index contributed by atoms with van der Waals surface area (Å²) in [5.74, 6) is 0.437. The first kappa shape index (κ1) is 12.5. The van der Waals surface area contributed by atoms with E-state index in [9.17, 15) is 13.0 Å². The van der Waals surface area contributed by atoms with Gasteiger partial charge in [-0.1, -0.05) is 36.2 Å². The molecule has 0 fully saturated rings. The Morgan fingerprint density at radius 3 is 2.53 bits per heavy atom. The van der Waals surface area contributed by atoms with E-state index in [0.717, 1.165) is 5.56 Å². The summed E-state index contributed by atoms with van der Waals surface area (Å²) in [5, 5.41) is 0. The lowest BCUT2D eigenvalue weighted by Crippen LogP contribution is -2.04. The SMILES string of the molecule is CCS(=O)c1c(C)cccc1CS(=O)[O-]. The van der Waals surface area contributed by atoms with Crippen LogP contribution >= 0.6 is 0 Å². The zero-order valence-corrected chi connectivity index (χ0v) is 10.3. The van der Waals surface area contributed by atoms with Crippen molar-refractivity contribution in [2.45, 2.75) is 24.5 Å². The average Bonchev–Trinajstić information content (AvgIpc) is 2.16. The average molecular weight is 245 g/mol. The van der Waals surface area contributed by atoms with Crippen LogP contribution in [0, 0.1) is 6.92 Å². The molecule has 5 heteroatoms. The van der Waals surface area contributed by atoms with Crippen LogP contribution in [0.1, 0.15) is 18.1 Å². The summed E-state index contributed by atoms with van der Waals surface area (Å²) < 4.78 is 33.0. The van der Waals surface area contributed by atoms with Crippen molar-refractivity contribution in [1.29, 1.82) is 0 Å². The molecule has 1 aromatic carbocycles. The van der Waals surface area contributed by atoms with Crippen LogP contribution in [0.3, 0.4) is 0 Å². The topological polar surface area (TPSA) is 57.2 Å². The maximum absolute atomic E-state index is 11.7. The lowest BCUT2D eigenvalue weighted by molar-refractivity contribution is 0.536. The number of aryl methyl sites for hydroxylation is 1. The van der Waals surface area contributed by atoms with Crippen molar-refractivity contribution < 1.29 is 13.0 Å². The summed E-state index contributed by atoms with van der Waals surface area (Å²) in [6, 6.07) is 5.35. The largest absolute Gasteiger partial charge is 0.772 e. The van der Waals surface area contributed by atoms with Gasteiger partial charge in [-0.2, -0.15) is 0 Å². The van der Waals surface area contributed by atoms with Crippen molar-refractivity contribution in [3.8, 4) is 0 Å². The van der Waals surface area contributed by atoms with Gasteiger partial charge in [-0.15, -0.1) is 0 Å². The Morgan fingerprint density at radius 1 is 1.33 bits per heavy atom. The highest BCUT2D eigenvalue weighted by Gasteiger charge is 2.10. The number of rotatable bonds is 4. The van der Waals surface area contributed by atoms with Crippen LogP contribution in [-0.4, -0.2) is 18.7 Å². The molecule has 0 saturated heterocycles. The highest BCUT2D eigenvalue weighted by Crippen LogP contribution is 2.20. The van der Waals surface area contributed by atoms with Crippen LogP contribution in [0.4, 0.5) is 0 Å². The molecule has 2 atom stereocenters. The maximum Gasteiger partial charge on any atom is 0.0532 e. The predicted octanol–water partition coefficient (Wildman–Crippen LogP) is 1.50. The van der Waals surface area contributed by atoms with Crippen molar-refractivity contribution >= 4 is 21.9 Å². The molecule has 0 N–H and O–H groups in total. The minimum absolute atomic E-state index is 0.0667. The van der Waals surface area contributed by atoms with Crippen molar-refractivity contribution in [3.05, 3.63) is 29.3 Å². The van der Waals surface area contributed by atoms with Crippen LogP contribution < -0.4 is 0 Å². The van der Waals surface area contributed by atoms with Gasteiger partial charge < -0.3 is 4.55 Å². The van der Waals surface area contributed by atoms with Crippen molar-refractivity contribution in [3.63, 3.8) is 0 Å². The van der Waals surface area contributed by atoms with E-state index in [2.05, 4.69) is 0 Å². The Hall–Kier alpha value is -0.520. The first-order valence-electron chi connectivity index (χ1n) is 4.59. The zero-order valence-electron chi connectivity index (χ0n) is 8.69. The lowest BCUT2D eigenvalue weighted by Gasteiger charge is -2.12. The molecule has 0 aliphatic rings. The van der Waals surface area contributed by atoms with Gasteiger partial charge in [0.05, 0.1) is 10.8 Å². The molecular formula is C10H13O3S2-.